The van der Waals surface area contributed by atoms with Crippen LogP contribution in [-0.2, 0) is 4.79 Å². The molecule has 0 spiro atoms. The summed E-state index contributed by atoms with van der Waals surface area (Å²) >= 11 is 1.63. The Morgan fingerprint density at radius 2 is 1.85 bits per heavy atom. The molecule has 1 nitrogen and oxygen atoms in total. The summed E-state index contributed by atoms with van der Waals surface area (Å²) < 4.78 is 0. The standard InChI is InChI=1S/C11H14OS/c1-9(2)11(8-12)13-10-6-4-3-5-7-10/h3-9,11H,1-2H3. The van der Waals surface area contributed by atoms with Crippen molar-refractivity contribution in [2.45, 2.75) is 24.0 Å². The van der Waals surface area contributed by atoms with Crippen LogP contribution in [0.15, 0.2) is 35.2 Å². The SMILES string of the molecule is CC(C)C(C=O)Sc1ccccc1. The summed E-state index contributed by atoms with van der Waals surface area (Å²) in [4.78, 5) is 11.9. The van der Waals surface area contributed by atoms with E-state index in [1.54, 1.807) is 11.8 Å². The minimum absolute atomic E-state index is 0.0717. The molecule has 2 heteroatoms. The highest BCUT2D eigenvalue weighted by molar-refractivity contribution is 8.00. The van der Waals surface area contributed by atoms with Gasteiger partial charge in [0, 0.05) is 4.90 Å². The van der Waals surface area contributed by atoms with Crippen LogP contribution in [0, 0.1) is 5.92 Å². The highest BCUT2D eigenvalue weighted by Crippen LogP contribution is 2.26. The quantitative estimate of drug-likeness (QED) is 0.541. The monoisotopic (exact) mass is 194 g/mol. The fourth-order valence-corrected chi connectivity index (χ4v) is 1.93. The number of hydrogen-bond acceptors (Lipinski definition) is 2. The smallest absolute Gasteiger partial charge is 0.133 e. The van der Waals surface area contributed by atoms with Gasteiger partial charge in [0.1, 0.15) is 6.29 Å². The van der Waals surface area contributed by atoms with Gasteiger partial charge in [-0.25, -0.2) is 0 Å². The van der Waals surface area contributed by atoms with Crippen molar-refractivity contribution in [3.63, 3.8) is 0 Å². The van der Waals surface area contributed by atoms with Crippen molar-refractivity contribution in [1.82, 2.24) is 0 Å². The maximum absolute atomic E-state index is 10.7. The lowest BCUT2D eigenvalue weighted by molar-refractivity contribution is -0.107. The fourth-order valence-electron chi connectivity index (χ4n) is 0.977. The first-order valence-electron chi connectivity index (χ1n) is 4.41. The van der Waals surface area contributed by atoms with Crippen LogP contribution in [-0.4, -0.2) is 11.5 Å². The minimum atomic E-state index is 0.0717. The Morgan fingerprint density at radius 1 is 1.23 bits per heavy atom. The van der Waals surface area contributed by atoms with Crippen LogP contribution < -0.4 is 0 Å². The van der Waals surface area contributed by atoms with E-state index in [2.05, 4.69) is 13.8 Å². The first-order valence-corrected chi connectivity index (χ1v) is 5.29. The van der Waals surface area contributed by atoms with Gasteiger partial charge < -0.3 is 4.79 Å². The molecule has 0 bridgehead atoms. The molecule has 1 unspecified atom stereocenters. The van der Waals surface area contributed by atoms with Crippen molar-refractivity contribution in [2.75, 3.05) is 0 Å². The van der Waals surface area contributed by atoms with E-state index in [1.807, 2.05) is 30.3 Å². The first-order chi connectivity index (χ1) is 6.24. The third-order valence-electron chi connectivity index (χ3n) is 1.81. The molecule has 0 heterocycles. The van der Waals surface area contributed by atoms with Crippen LogP contribution in [0.5, 0.6) is 0 Å². The molecule has 1 rings (SSSR count). The van der Waals surface area contributed by atoms with E-state index in [1.165, 1.54) is 0 Å². The molecule has 0 aliphatic rings. The van der Waals surface area contributed by atoms with Gasteiger partial charge in [-0.3, -0.25) is 0 Å². The second-order valence-corrected chi connectivity index (χ2v) is 4.53. The van der Waals surface area contributed by atoms with Crippen LogP contribution in [0.3, 0.4) is 0 Å². The van der Waals surface area contributed by atoms with Crippen molar-refractivity contribution in [1.29, 1.82) is 0 Å². The number of thioether (sulfide) groups is 1. The highest BCUT2D eigenvalue weighted by atomic mass is 32.2. The van der Waals surface area contributed by atoms with Crippen molar-refractivity contribution >= 4 is 18.0 Å². The second kappa shape index (κ2) is 5.07. The predicted octanol–water partition coefficient (Wildman–Crippen LogP) is 3.00. The second-order valence-electron chi connectivity index (χ2n) is 3.28. The van der Waals surface area contributed by atoms with E-state index in [0.29, 0.717) is 5.92 Å². The van der Waals surface area contributed by atoms with Gasteiger partial charge in [-0.2, -0.15) is 0 Å². The Balaban J connectivity index is 2.62. The van der Waals surface area contributed by atoms with Crippen molar-refractivity contribution in [3.8, 4) is 0 Å². The number of rotatable bonds is 4. The summed E-state index contributed by atoms with van der Waals surface area (Å²) in [6, 6.07) is 10.0. The number of hydrogen-bond donors (Lipinski definition) is 0. The lowest BCUT2D eigenvalue weighted by Crippen LogP contribution is -2.12. The van der Waals surface area contributed by atoms with E-state index in [0.717, 1.165) is 11.2 Å². The average molecular weight is 194 g/mol. The number of aldehydes is 1. The molecule has 0 radical (unpaired) electrons. The highest BCUT2D eigenvalue weighted by Gasteiger charge is 2.12. The maximum Gasteiger partial charge on any atom is 0.133 e. The molecule has 13 heavy (non-hydrogen) atoms. The van der Waals surface area contributed by atoms with Crippen molar-refractivity contribution < 1.29 is 4.79 Å². The summed E-state index contributed by atoms with van der Waals surface area (Å²) in [6.45, 7) is 4.13. The van der Waals surface area contributed by atoms with Gasteiger partial charge in [0.25, 0.3) is 0 Å². The Labute approximate surface area is 83.5 Å². The molecule has 0 N–H and O–H groups in total. The third kappa shape index (κ3) is 3.23. The molecule has 0 saturated heterocycles. The summed E-state index contributed by atoms with van der Waals surface area (Å²) in [6.07, 6.45) is 1.03. The molecule has 0 aliphatic heterocycles. The van der Waals surface area contributed by atoms with Crippen LogP contribution in [0.4, 0.5) is 0 Å². The zero-order chi connectivity index (χ0) is 9.68. The van der Waals surface area contributed by atoms with E-state index in [4.69, 9.17) is 0 Å². The molecular weight excluding hydrogens is 180 g/mol. The molecule has 0 fully saturated rings. The van der Waals surface area contributed by atoms with E-state index >= 15 is 0 Å². The largest absolute Gasteiger partial charge is 0.302 e. The molecule has 70 valence electrons. The molecule has 1 atom stereocenters. The van der Waals surface area contributed by atoms with Crippen LogP contribution >= 0.6 is 11.8 Å². The normalized spacial score (nSPS) is 12.8. The zero-order valence-electron chi connectivity index (χ0n) is 7.94. The maximum atomic E-state index is 10.7. The van der Waals surface area contributed by atoms with Gasteiger partial charge in [0.05, 0.1) is 5.25 Å². The Hall–Kier alpha value is -0.760. The van der Waals surface area contributed by atoms with Crippen LogP contribution in [0.1, 0.15) is 13.8 Å². The lowest BCUT2D eigenvalue weighted by Gasteiger charge is -2.12. The third-order valence-corrected chi connectivity index (χ3v) is 3.28. The van der Waals surface area contributed by atoms with Gasteiger partial charge in [0.15, 0.2) is 0 Å². The predicted molar refractivity (Wildman–Crippen MR) is 57.0 cm³/mol. The Bertz CT molecular complexity index is 256. The summed E-state index contributed by atoms with van der Waals surface area (Å²) in [5.41, 5.74) is 0. The summed E-state index contributed by atoms with van der Waals surface area (Å²) in [5.74, 6) is 0.391. The molecule has 0 aliphatic carbocycles. The molecule has 0 amide bonds. The molecular formula is C11H14OS. The van der Waals surface area contributed by atoms with Crippen LogP contribution in [0.2, 0.25) is 0 Å². The molecule has 0 aromatic heterocycles. The van der Waals surface area contributed by atoms with Crippen LogP contribution in [0.25, 0.3) is 0 Å². The zero-order valence-corrected chi connectivity index (χ0v) is 8.75. The van der Waals surface area contributed by atoms with Gasteiger partial charge >= 0.3 is 0 Å². The minimum Gasteiger partial charge on any atom is -0.302 e. The van der Waals surface area contributed by atoms with Crippen molar-refractivity contribution in [3.05, 3.63) is 30.3 Å². The van der Waals surface area contributed by atoms with E-state index < -0.39 is 0 Å². The summed E-state index contributed by atoms with van der Waals surface area (Å²) in [5, 5.41) is 0.0717. The van der Waals surface area contributed by atoms with Gasteiger partial charge in [-0.05, 0) is 18.1 Å². The molecule has 1 aromatic rings. The Kier molecular flexibility index (Phi) is 4.03. The number of carbonyl (C=O) groups is 1. The fraction of sp³-hybridized carbons (Fsp3) is 0.364. The molecule has 0 saturated carbocycles. The van der Waals surface area contributed by atoms with Crippen molar-refractivity contribution in [2.24, 2.45) is 5.92 Å². The van der Waals surface area contributed by atoms with E-state index in [-0.39, 0.29) is 5.25 Å². The molecule has 1 aromatic carbocycles. The summed E-state index contributed by atoms with van der Waals surface area (Å²) in [7, 11) is 0. The van der Waals surface area contributed by atoms with Gasteiger partial charge in [0.2, 0.25) is 0 Å². The number of benzene rings is 1. The topological polar surface area (TPSA) is 17.1 Å². The van der Waals surface area contributed by atoms with Gasteiger partial charge in [-0.15, -0.1) is 11.8 Å². The average Bonchev–Trinajstić information content (AvgIpc) is 2.15. The number of carbonyl (C=O) groups excluding carboxylic acids is 1. The first kappa shape index (κ1) is 10.3. The van der Waals surface area contributed by atoms with Gasteiger partial charge in [-0.1, -0.05) is 32.0 Å². The Morgan fingerprint density at radius 3 is 2.31 bits per heavy atom. The lowest BCUT2D eigenvalue weighted by atomic mass is 10.1. The van der Waals surface area contributed by atoms with E-state index in [9.17, 15) is 4.79 Å².